The number of carbonyl (C=O) groups is 1. The van der Waals surface area contributed by atoms with Crippen LogP contribution in [0.2, 0.25) is 0 Å². The van der Waals surface area contributed by atoms with Crippen LogP contribution in [0, 0.1) is 13.8 Å². The Labute approximate surface area is 157 Å². The zero-order valence-electron chi connectivity index (χ0n) is 15.1. The number of nitrogens with zero attached hydrogens (tertiary/aromatic N) is 2. The van der Waals surface area contributed by atoms with E-state index >= 15 is 0 Å². The number of aromatic nitrogens is 2. The van der Waals surface area contributed by atoms with Crippen molar-refractivity contribution in [2.24, 2.45) is 0 Å². The lowest BCUT2D eigenvalue weighted by atomic mass is 10.2. The number of benzene rings is 1. The summed E-state index contributed by atoms with van der Waals surface area (Å²) in [5.74, 6) is 0.946. The molecule has 0 saturated carbocycles. The zero-order valence-corrected chi connectivity index (χ0v) is 15.9. The van der Waals surface area contributed by atoms with Gasteiger partial charge in [0.2, 0.25) is 0 Å². The maximum Gasteiger partial charge on any atom is 0.287 e. The van der Waals surface area contributed by atoms with Crippen LogP contribution >= 0.6 is 11.8 Å². The first-order valence-corrected chi connectivity index (χ1v) is 9.65. The monoisotopic (exact) mass is 369 g/mol. The second-order valence-electron chi connectivity index (χ2n) is 6.14. The summed E-state index contributed by atoms with van der Waals surface area (Å²) < 4.78 is 7.38. The molecule has 0 bridgehead atoms. The Morgan fingerprint density at radius 3 is 2.77 bits per heavy atom. The molecular weight excluding hydrogens is 346 g/mol. The molecule has 0 aliphatic carbocycles. The van der Waals surface area contributed by atoms with Crippen LogP contribution in [0.4, 0.5) is 0 Å². The average Bonchev–Trinajstić information content (AvgIpc) is 3.23. The first-order valence-electron chi connectivity index (χ1n) is 8.67. The number of nitrogens with one attached hydrogen (secondary N) is 1. The SMILES string of the molecule is Cc1cc(C)n(CCCNC(=O)c2occc2CSc2ccccc2)n1. The molecule has 0 saturated heterocycles. The van der Waals surface area contributed by atoms with E-state index in [0.717, 1.165) is 29.9 Å². The topological polar surface area (TPSA) is 60.1 Å². The van der Waals surface area contributed by atoms with Crippen molar-refractivity contribution in [1.29, 1.82) is 0 Å². The van der Waals surface area contributed by atoms with Crippen molar-refractivity contribution in [3.8, 4) is 0 Å². The van der Waals surface area contributed by atoms with Crippen molar-refractivity contribution in [3.05, 3.63) is 71.4 Å². The van der Waals surface area contributed by atoms with Gasteiger partial charge in [-0.25, -0.2) is 0 Å². The molecule has 2 aromatic heterocycles. The van der Waals surface area contributed by atoms with E-state index in [2.05, 4.69) is 28.6 Å². The summed E-state index contributed by atoms with van der Waals surface area (Å²) in [6.07, 6.45) is 2.40. The lowest BCUT2D eigenvalue weighted by Gasteiger charge is -2.07. The Hall–Kier alpha value is -2.47. The van der Waals surface area contributed by atoms with E-state index in [0.29, 0.717) is 18.1 Å². The number of rotatable bonds is 8. The third-order valence-corrected chi connectivity index (χ3v) is 5.09. The Balaban J connectivity index is 1.47. The van der Waals surface area contributed by atoms with Gasteiger partial charge in [-0.2, -0.15) is 5.10 Å². The van der Waals surface area contributed by atoms with Crippen LogP contribution in [0.1, 0.15) is 33.9 Å². The summed E-state index contributed by atoms with van der Waals surface area (Å²) in [5.41, 5.74) is 3.07. The second kappa shape index (κ2) is 8.76. The second-order valence-corrected chi connectivity index (χ2v) is 7.19. The van der Waals surface area contributed by atoms with E-state index in [4.69, 9.17) is 4.42 Å². The predicted octanol–water partition coefficient (Wildman–Crippen LogP) is 4.21. The molecule has 1 amide bonds. The highest BCUT2D eigenvalue weighted by atomic mass is 32.2. The fourth-order valence-corrected chi connectivity index (χ4v) is 3.64. The summed E-state index contributed by atoms with van der Waals surface area (Å²) in [6.45, 7) is 5.40. The molecule has 0 radical (unpaired) electrons. The fraction of sp³-hybridized carbons (Fsp3) is 0.300. The van der Waals surface area contributed by atoms with Gasteiger partial charge < -0.3 is 9.73 Å². The summed E-state index contributed by atoms with van der Waals surface area (Å²) in [4.78, 5) is 13.6. The summed E-state index contributed by atoms with van der Waals surface area (Å²) in [7, 11) is 0. The lowest BCUT2D eigenvalue weighted by molar-refractivity contribution is 0.0924. The Kier molecular flexibility index (Phi) is 6.17. The predicted molar refractivity (Wildman–Crippen MR) is 103 cm³/mol. The normalized spacial score (nSPS) is 10.8. The van der Waals surface area contributed by atoms with Gasteiger partial charge >= 0.3 is 0 Å². The van der Waals surface area contributed by atoms with Crippen molar-refractivity contribution in [2.75, 3.05) is 6.54 Å². The van der Waals surface area contributed by atoms with Crippen LogP contribution in [-0.2, 0) is 12.3 Å². The largest absolute Gasteiger partial charge is 0.459 e. The summed E-state index contributed by atoms with van der Waals surface area (Å²) >= 11 is 1.69. The molecule has 0 atom stereocenters. The van der Waals surface area contributed by atoms with Gasteiger partial charge in [0, 0.05) is 35.0 Å². The van der Waals surface area contributed by atoms with E-state index in [9.17, 15) is 4.79 Å². The van der Waals surface area contributed by atoms with Crippen molar-refractivity contribution in [2.45, 2.75) is 37.5 Å². The maximum absolute atomic E-state index is 12.4. The van der Waals surface area contributed by atoms with E-state index < -0.39 is 0 Å². The Morgan fingerprint density at radius 1 is 1.23 bits per heavy atom. The van der Waals surface area contributed by atoms with Crippen LogP contribution < -0.4 is 5.32 Å². The molecule has 1 N–H and O–H groups in total. The van der Waals surface area contributed by atoms with Crippen molar-refractivity contribution >= 4 is 17.7 Å². The van der Waals surface area contributed by atoms with Gasteiger partial charge in [0.25, 0.3) is 5.91 Å². The highest BCUT2D eigenvalue weighted by molar-refractivity contribution is 7.98. The van der Waals surface area contributed by atoms with Gasteiger partial charge in [-0.05, 0) is 44.5 Å². The van der Waals surface area contributed by atoms with Crippen LogP contribution in [-0.4, -0.2) is 22.2 Å². The van der Waals surface area contributed by atoms with Crippen molar-refractivity contribution in [1.82, 2.24) is 15.1 Å². The average molecular weight is 369 g/mol. The van der Waals surface area contributed by atoms with E-state index in [1.807, 2.05) is 42.8 Å². The summed E-state index contributed by atoms with van der Waals surface area (Å²) in [5, 5.41) is 7.36. The molecule has 0 aliphatic heterocycles. The zero-order chi connectivity index (χ0) is 18.4. The van der Waals surface area contributed by atoms with Crippen molar-refractivity contribution < 1.29 is 9.21 Å². The molecule has 1 aromatic carbocycles. The number of carbonyl (C=O) groups excluding carboxylic acids is 1. The van der Waals surface area contributed by atoms with Gasteiger partial charge in [-0.3, -0.25) is 9.48 Å². The molecule has 0 aliphatic rings. The fourth-order valence-electron chi connectivity index (χ4n) is 2.74. The molecule has 0 unspecified atom stereocenters. The number of furan rings is 1. The van der Waals surface area contributed by atoms with E-state index in [-0.39, 0.29) is 5.91 Å². The molecule has 5 nitrogen and oxygen atoms in total. The number of amides is 1. The van der Waals surface area contributed by atoms with Crippen LogP contribution in [0.3, 0.4) is 0 Å². The van der Waals surface area contributed by atoms with Gasteiger partial charge in [0.15, 0.2) is 5.76 Å². The minimum absolute atomic E-state index is 0.160. The molecule has 3 rings (SSSR count). The number of thioether (sulfide) groups is 1. The van der Waals surface area contributed by atoms with Crippen molar-refractivity contribution in [3.63, 3.8) is 0 Å². The smallest absolute Gasteiger partial charge is 0.287 e. The third kappa shape index (κ3) is 4.79. The maximum atomic E-state index is 12.4. The molecule has 136 valence electrons. The van der Waals surface area contributed by atoms with Crippen LogP contribution in [0.25, 0.3) is 0 Å². The third-order valence-electron chi connectivity index (χ3n) is 4.03. The standard InChI is InChI=1S/C20H23N3O2S/c1-15-13-16(2)23(22-15)11-6-10-21-20(24)19-17(9-12-25-19)14-26-18-7-4-3-5-8-18/h3-5,7-9,12-13H,6,10-11,14H2,1-2H3,(H,21,24). The molecule has 6 heteroatoms. The molecule has 0 fully saturated rings. The molecule has 26 heavy (non-hydrogen) atoms. The van der Waals surface area contributed by atoms with Crippen LogP contribution in [0.5, 0.6) is 0 Å². The number of hydrogen-bond acceptors (Lipinski definition) is 4. The van der Waals surface area contributed by atoms with Crippen LogP contribution in [0.15, 0.2) is 58.0 Å². The highest BCUT2D eigenvalue weighted by Gasteiger charge is 2.15. The minimum Gasteiger partial charge on any atom is -0.459 e. The number of aryl methyl sites for hydroxylation is 3. The summed E-state index contributed by atoms with van der Waals surface area (Å²) in [6, 6.07) is 14.0. The highest BCUT2D eigenvalue weighted by Crippen LogP contribution is 2.24. The van der Waals surface area contributed by atoms with Gasteiger partial charge in [-0.1, -0.05) is 18.2 Å². The van der Waals surface area contributed by atoms with Gasteiger partial charge in [-0.15, -0.1) is 11.8 Å². The molecular formula is C20H23N3O2S. The minimum atomic E-state index is -0.160. The first kappa shape index (κ1) is 18.3. The van der Waals surface area contributed by atoms with E-state index in [1.165, 1.54) is 4.90 Å². The van der Waals surface area contributed by atoms with E-state index in [1.54, 1.807) is 18.0 Å². The lowest BCUT2D eigenvalue weighted by Crippen LogP contribution is -2.25. The Morgan fingerprint density at radius 2 is 2.04 bits per heavy atom. The first-order chi connectivity index (χ1) is 12.6. The molecule has 3 aromatic rings. The quantitative estimate of drug-likeness (QED) is 0.477. The molecule has 2 heterocycles. The molecule has 0 spiro atoms. The van der Waals surface area contributed by atoms with Gasteiger partial charge in [0.05, 0.1) is 12.0 Å². The Bertz CT molecular complexity index is 855. The number of hydrogen-bond donors (Lipinski definition) is 1. The van der Waals surface area contributed by atoms with Gasteiger partial charge in [0.1, 0.15) is 0 Å².